The van der Waals surface area contributed by atoms with E-state index >= 15 is 0 Å². The van der Waals surface area contributed by atoms with Crippen molar-refractivity contribution in [3.63, 3.8) is 0 Å². The second kappa shape index (κ2) is 54.3. The van der Waals surface area contributed by atoms with E-state index in [1.165, 1.54) is 0 Å². The molecule has 0 N–H and O–H groups in total. The molecule has 0 saturated heterocycles. The molecule has 0 heterocycles. The SMILES string of the molecule is [CH3-].[CH3-].[CH3-].[Pt+4].[Pt+4]. The van der Waals surface area contributed by atoms with Gasteiger partial charge < -0.3 is 22.3 Å². The number of hydrogen-bond acceptors (Lipinski definition) is 0. The maximum atomic E-state index is 0. The van der Waals surface area contributed by atoms with Crippen LogP contribution in [0.25, 0.3) is 0 Å². The van der Waals surface area contributed by atoms with Gasteiger partial charge in [-0.2, -0.15) is 0 Å². The molecule has 0 nitrogen and oxygen atoms in total. The average molecular weight is 435 g/mol. The Morgan fingerprint density at radius 3 is 0.400 bits per heavy atom. The molecule has 5 heavy (non-hydrogen) atoms. The molecule has 0 aromatic rings. The molecule has 0 bridgehead atoms. The van der Waals surface area contributed by atoms with Crippen molar-refractivity contribution in [2.45, 2.75) is 0 Å². The van der Waals surface area contributed by atoms with Crippen molar-refractivity contribution in [2.24, 2.45) is 0 Å². The van der Waals surface area contributed by atoms with E-state index in [-0.39, 0.29) is 64.4 Å². The largest absolute Gasteiger partial charge is 4.00 e. The summed E-state index contributed by atoms with van der Waals surface area (Å²) in [5.41, 5.74) is 0. The summed E-state index contributed by atoms with van der Waals surface area (Å²) in [6.07, 6.45) is 0. The van der Waals surface area contributed by atoms with E-state index in [2.05, 4.69) is 0 Å². The Morgan fingerprint density at radius 2 is 0.400 bits per heavy atom. The molecule has 0 spiro atoms. The molecule has 0 amide bonds. The van der Waals surface area contributed by atoms with Crippen LogP contribution in [0, 0.1) is 22.3 Å². The zero-order valence-corrected chi connectivity index (χ0v) is 8.18. The van der Waals surface area contributed by atoms with E-state index < -0.39 is 0 Å². The fraction of sp³-hybridized carbons (Fsp3) is 0. The molecular formula is C3H9Pt2+5. The summed E-state index contributed by atoms with van der Waals surface area (Å²) in [6.45, 7) is 0. The molecule has 0 aromatic heterocycles. The molecule has 0 aliphatic carbocycles. The van der Waals surface area contributed by atoms with Gasteiger partial charge in [0.05, 0.1) is 0 Å². The average Bonchev–Trinajstić information content (AvgIpc) is 0. The molecule has 36 valence electrons. The topological polar surface area (TPSA) is 0 Å². The summed E-state index contributed by atoms with van der Waals surface area (Å²) >= 11 is 0. The fourth-order valence-electron chi connectivity index (χ4n) is 0. The molecular weight excluding hydrogens is 426 g/mol. The van der Waals surface area contributed by atoms with Crippen molar-refractivity contribution in [3.8, 4) is 0 Å². The van der Waals surface area contributed by atoms with Gasteiger partial charge in [0, 0.05) is 0 Å². The first kappa shape index (κ1) is 97.3. The van der Waals surface area contributed by atoms with Crippen molar-refractivity contribution in [1.29, 1.82) is 0 Å². The van der Waals surface area contributed by atoms with Crippen molar-refractivity contribution in [1.82, 2.24) is 0 Å². The van der Waals surface area contributed by atoms with Gasteiger partial charge in [-0.05, 0) is 0 Å². The van der Waals surface area contributed by atoms with Gasteiger partial charge in [0.25, 0.3) is 0 Å². The van der Waals surface area contributed by atoms with Crippen LogP contribution in [0.3, 0.4) is 0 Å². The third-order valence-electron chi connectivity index (χ3n) is 0. The van der Waals surface area contributed by atoms with Crippen molar-refractivity contribution < 1.29 is 42.1 Å². The minimum Gasteiger partial charge on any atom is -0.358 e. The summed E-state index contributed by atoms with van der Waals surface area (Å²) < 4.78 is 0. The van der Waals surface area contributed by atoms with Gasteiger partial charge in [-0.25, -0.2) is 0 Å². The van der Waals surface area contributed by atoms with Gasteiger partial charge in [-0.1, -0.05) is 0 Å². The minimum atomic E-state index is 0. The Hall–Kier alpha value is 1.38. The normalized spacial score (nSPS) is 0. The minimum absolute atomic E-state index is 0. The maximum absolute atomic E-state index is 0. The first-order chi connectivity index (χ1) is 0. The number of hydrogen-bond donors (Lipinski definition) is 0. The molecule has 0 atom stereocenters. The van der Waals surface area contributed by atoms with Crippen LogP contribution in [0.2, 0.25) is 0 Å². The number of rotatable bonds is 0. The predicted octanol–water partition coefficient (Wildman–Crippen LogP) is 1.35. The molecule has 0 aliphatic heterocycles. The van der Waals surface area contributed by atoms with Gasteiger partial charge >= 0.3 is 42.1 Å². The van der Waals surface area contributed by atoms with Crippen LogP contribution in [0.4, 0.5) is 0 Å². The van der Waals surface area contributed by atoms with Crippen LogP contribution in [0.1, 0.15) is 0 Å². The third-order valence-corrected chi connectivity index (χ3v) is 0. The van der Waals surface area contributed by atoms with Crippen LogP contribution in [0.5, 0.6) is 0 Å². The third kappa shape index (κ3) is 32.3. The Kier molecular flexibility index (Phi) is 1060. The maximum Gasteiger partial charge on any atom is 4.00 e. The van der Waals surface area contributed by atoms with E-state index in [9.17, 15) is 0 Å². The van der Waals surface area contributed by atoms with Crippen molar-refractivity contribution >= 4 is 0 Å². The van der Waals surface area contributed by atoms with E-state index in [4.69, 9.17) is 0 Å². The molecule has 0 saturated carbocycles. The van der Waals surface area contributed by atoms with Gasteiger partial charge in [0.15, 0.2) is 0 Å². The van der Waals surface area contributed by atoms with Gasteiger partial charge in [0.1, 0.15) is 0 Å². The van der Waals surface area contributed by atoms with Crippen LogP contribution in [0.15, 0.2) is 0 Å². The van der Waals surface area contributed by atoms with Crippen LogP contribution in [-0.4, -0.2) is 0 Å². The monoisotopic (exact) mass is 435 g/mol. The molecule has 0 aliphatic rings. The Labute approximate surface area is 64.3 Å². The summed E-state index contributed by atoms with van der Waals surface area (Å²) in [7, 11) is 0. The molecule has 0 radical (unpaired) electrons. The Bertz CT molecular complexity index is 4.85. The molecule has 0 aromatic carbocycles. The summed E-state index contributed by atoms with van der Waals surface area (Å²) in [5, 5.41) is 0. The zero-order valence-electron chi connectivity index (χ0n) is 3.63. The Morgan fingerprint density at radius 1 is 0.400 bits per heavy atom. The fourth-order valence-corrected chi connectivity index (χ4v) is 0. The Balaban J connectivity index is 0. The van der Waals surface area contributed by atoms with E-state index in [1.807, 2.05) is 0 Å². The van der Waals surface area contributed by atoms with Crippen LogP contribution >= 0.6 is 0 Å². The van der Waals surface area contributed by atoms with Gasteiger partial charge in [-0.3, -0.25) is 0 Å². The van der Waals surface area contributed by atoms with Crippen molar-refractivity contribution in [3.05, 3.63) is 22.3 Å². The van der Waals surface area contributed by atoms with Crippen LogP contribution in [-0.2, 0) is 42.1 Å². The van der Waals surface area contributed by atoms with Crippen LogP contribution < -0.4 is 0 Å². The predicted molar refractivity (Wildman–Crippen MR) is 19.2 cm³/mol. The first-order valence-corrected chi connectivity index (χ1v) is 0. The second-order valence-corrected chi connectivity index (χ2v) is 0. The van der Waals surface area contributed by atoms with Gasteiger partial charge in [0.2, 0.25) is 0 Å². The molecule has 0 fully saturated rings. The standard InChI is InChI=1S/3CH3.2Pt/h3*1H3;;/q3*-1;2*+4. The second-order valence-electron chi connectivity index (χ2n) is 0. The smallest absolute Gasteiger partial charge is 0.358 e. The zero-order chi connectivity index (χ0) is 0. The molecule has 0 rings (SSSR count). The first-order valence-electron chi connectivity index (χ1n) is 0. The van der Waals surface area contributed by atoms with E-state index in [1.54, 1.807) is 0 Å². The molecule has 0 unspecified atom stereocenters. The summed E-state index contributed by atoms with van der Waals surface area (Å²) in [4.78, 5) is 0. The van der Waals surface area contributed by atoms with E-state index in [0.717, 1.165) is 0 Å². The van der Waals surface area contributed by atoms with E-state index in [0.29, 0.717) is 0 Å². The molecule has 2 heteroatoms. The summed E-state index contributed by atoms with van der Waals surface area (Å²) in [5.74, 6) is 0. The van der Waals surface area contributed by atoms with Gasteiger partial charge in [-0.15, -0.1) is 0 Å². The summed E-state index contributed by atoms with van der Waals surface area (Å²) in [6, 6.07) is 0. The van der Waals surface area contributed by atoms with Crippen molar-refractivity contribution in [2.75, 3.05) is 0 Å². The quantitative estimate of drug-likeness (QED) is 0.505.